The lowest BCUT2D eigenvalue weighted by Gasteiger charge is -2.41. The fourth-order valence-electron chi connectivity index (χ4n) is 3.09. The number of hydrogen-bond acceptors (Lipinski definition) is 3. The van der Waals surface area contributed by atoms with E-state index in [0.29, 0.717) is 6.04 Å². The van der Waals surface area contributed by atoms with E-state index in [2.05, 4.69) is 15.1 Å². The first kappa shape index (κ1) is 12.8. The number of amides is 1. The quantitative estimate of drug-likeness (QED) is 0.787. The summed E-state index contributed by atoms with van der Waals surface area (Å²) >= 11 is 0. The van der Waals surface area contributed by atoms with E-state index in [9.17, 15) is 4.79 Å². The van der Waals surface area contributed by atoms with Crippen LogP contribution in [0.15, 0.2) is 0 Å². The van der Waals surface area contributed by atoms with Gasteiger partial charge in [0, 0.05) is 25.7 Å². The van der Waals surface area contributed by atoms with Gasteiger partial charge < -0.3 is 10.2 Å². The molecule has 0 bridgehead atoms. The Bertz CT molecular complexity index is 290. The lowest BCUT2D eigenvalue weighted by Crippen LogP contribution is -2.60. The van der Waals surface area contributed by atoms with Gasteiger partial charge in [-0.05, 0) is 39.8 Å². The molecule has 0 aliphatic carbocycles. The summed E-state index contributed by atoms with van der Waals surface area (Å²) in [5, 5.41) is 3.27. The highest BCUT2D eigenvalue weighted by molar-refractivity contribution is 5.85. The van der Waals surface area contributed by atoms with Crippen molar-refractivity contribution in [1.82, 2.24) is 15.1 Å². The molecule has 2 heterocycles. The summed E-state index contributed by atoms with van der Waals surface area (Å²) in [6.45, 7) is 10.9. The van der Waals surface area contributed by atoms with Crippen LogP contribution in [0.2, 0.25) is 0 Å². The molecule has 1 N–H and O–H groups in total. The maximum atomic E-state index is 12.4. The Hall–Kier alpha value is -0.610. The number of carbonyl (C=O) groups excluding carboxylic acids is 1. The topological polar surface area (TPSA) is 35.6 Å². The first-order chi connectivity index (χ1) is 8.04. The van der Waals surface area contributed by atoms with Crippen molar-refractivity contribution in [3.8, 4) is 0 Å². The molecule has 4 heteroatoms. The molecular formula is C13H25N3O. The van der Waals surface area contributed by atoms with E-state index in [1.807, 2.05) is 20.8 Å². The van der Waals surface area contributed by atoms with E-state index in [-0.39, 0.29) is 5.91 Å². The van der Waals surface area contributed by atoms with Crippen molar-refractivity contribution >= 4 is 5.91 Å². The van der Waals surface area contributed by atoms with E-state index in [4.69, 9.17) is 0 Å². The highest BCUT2D eigenvalue weighted by atomic mass is 16.2. The van der Waals surface area contributed by atoms with Crippen LogP contribution in [0.4, 0.5) is 0 Å². The Kier molecular flexibility index (Phi) is 3.73. The van der Waals surface area contributed by atoms with Gasteiger partial charge >= 0.3 is 0 Å². The van der Waals surface area contributed by atoms with Gasteiger partial charge in [-0.3, -0.25) is 9.69 Å². The maximum Gasteiger partial charge on any atom is 0.242 e. The van der Waals surface area contributed by atoms with Crippen LogP contribution in [-0.4, -0.2) is 60.0 Å². The van der Waals surface area contributed by atoms with Crippen LogP contribution in [0.25, 0.3) is 0 Å². The second-order valence-electron chi connectivity index (χ2n) is 5.74. The Morgan fingerprint density at radius 2 is 2.12 bits per heavy atom. The minimum atomic E-state index is -0.421. The largest absolute Gasteiger partial charge is 0.338 e. The Labute approximate surface area is 104 Å². The lowest BCUT2D eigenvalue weighted by molar-refractivity contribution is -0.139. The van der Waals surface area contributed by atoms with Crippen LogP contribution in [0.3, 0.4) is 0 Å². The van der Waals surface area contributed by atoms with Gasteiger partial charge in [-0.2, -0.15) is 0 Å². The van der Waals surface area contributed by atoms with Crippen molar-refractivity contribution in [3.05, 3.63) is 0 Å². The molecule has 2 aliphatic heterocycles. The van der Waals surface area contributed by atoms with Crippen molar-refractivity contribution in [1.29, 1.82) is 0 Å². The van der Waals surface area contributed by atoms with Gasteiger partial charge in [0.25, 0.3) is 0 Å². The fraction of sp³-hybridized carbons (Fsp3) is 0.923. The molecule has 0 aromatic carbocycles. The van der Waals surface area contributed by atoms with E-state index in [0.717, 1.165) is 26.2 Å². The van der Waals surface area contributed by atoms with Gasteiger partial charge in [-0.1, -0.05) is 6.92 Å². The lowest BCUT2D eigenvalue weighted by atomic mass is 10.0. The number of rotatable bonds is 3. The molecule has 4 nitrogen and oxygen atoms in total. The summed E-state index contributed by atoms with van der Waals surface area (Å²) in [5.41, 5.74) is -0.421. The maximum absolute atomic E-state index is 12.4. The van der Waals surface area contributed by atoms with E-state index >= 15 is 0 Å². The summed E-state index contributed by atoms with van der Waals surface area (Å²) in [7, 11) is 0. The summed E-state index contributed by atoms with van der Waals surface area (Å²) < 4.78 is 0. The molecule has 0 aromatic heterocycles. The zero-order valence-corrected chi connectivity index (χ0v) is 11.3. The SMILES string of the molecule is CCNC(C)(C)C(=O)N1CCN2CCCC2C1. The van der Waals surface area contributed by atoms with Crippen molar-refractivity contribution in [3.63, 3.8) is 0 Å². The predicted molar refractivity (Wildman–Crippen MR) is 68.9 cm³/mol. The first-order valence-corrected chi connectivity index (χ1v) is 6.83. The molecule has 1 amide bonds. The minimum absolute atomic E-state index is 0.255. The molecule has 1 unspecified atom stereocenters. The highest BCUT2D eigenvalue weighted by Gasteiger charge is 2.37. The standard InChI is InChI=1S/C13H25N3O/c1-4-14-13(2,3)12(17)16-9-8-15-7-5-6-11(15)10-16/h11,14H,4-10H2,1-3H3. The Morgan fingerprint density at radius 3 is 2.82 bits per heavy atom. The molecular weight excluding hydrogens is 214 g/mol. The van der Waals surface area contributed by atoms with Gasteiger partial charge in [0.05, 0.1) is 5.54 Å². The fourth-order valence-corrected chi connectivity index (χ4v) is 3.09. The Balaban J connectivity index is 1.96. The smallest absolute Gasteiger partial charge is 0.242 e. The normalized spacial score (nSPS) is 26.1. The second kappa shape index (κ2) is 4.94. The van der Waals surface area contributed by atoms with Crippen LogP contribution < -0.4 is 5.32 Å². The summed E-state index contributed by atoms with van der Waals surface area (Å²) in [6.07, 6.45) is 2.55. The molecule has 17 heavy (non-hydrogen) atoms. The first-order valence-electron chi connectivity index (χ1n) is 6.83. The number of carbonyl (C=O) groups is 1. The van der Waals surface area contributed by atoms with Crippen LogP contribution in [-0.2, 0) is 4.79 Å². The van der Waals surface area contributed by atoms with E-state index in [1.54, 1.807) is 0 Å². The molecule has 2 rings (SSSR count). The number of nitrogens with one attached hydrogen (secondary N) is 1. The average Bonchev–Trinajstić information content (AvgIpc) is 2.74. The molecule has 0 saturated carbocycles. The molecule has 0 radical (unpaired) electrons. The van der Waals surface area contributed by atoms with Gasteiger partial charge in [-0.15, -0.1) is 0 Å². The molecule has 2 saturated heterocycles. The number of likely N-dealkylation sites (N-methyl/N-ethyl adjacent to an activating group) is 1. The average molecular weight is 239 g/mol. The molecule has 2 fully saturated rings. The molecule has 0 spiro atoms. The van der Waals surface area contributed by atoms with Crippen LogP contribution in [0.1, 0.15) is 33.6 Å². The summed E-state index contributed by atoms with van der Waals surface area (Å²) in [6, 6.07) is 0.616. The minimum Gasteiger partial charge on any atom is -0.338 e. The summed E-state index contributed by atoms with van der Waals surface area (Å²) in [5.74, 6) is 0.255. The zero-order valence-electron chi connectivity index (χ0n) is 11.3. The van der Waals surface area contributed by atoms with Gasteiger partial charge in [0.15, 0.2) is 0 Å². The van der Waals surface area contributed by atoms with Crippen molar-refractivity contribution in [2.75, 3.05) is 32.7 Å². The van der Waals surface area contributed by atoms with Gasteiger partial charge in [0.1, 0.15) is 0 Å². The third-order valence-corrected chi connectivity index (χ3v) is 4.03. The number of nitrogens with zero attached hydrogens (tertiary/aromatic N) is 2. The highest BCUT2D eigenvalue weighted by Crippen LogP contribution is 2.22. The molecule has 98 valence electrons. The second-order valence-corrected chi connectivity index (χ2v) is 5.74. The molecule has 2 aliphatic rings. The number of hydrogen-bond donors (Lipinski definition) is 1. The van der Waals surface area contributed by atoms with Gasteiger partial charge in [-0.25, -0.2) is 0 Å². The third kappa shape index (κ3) is 2.63. The zero-order chi connectivity index (χ0) is 12.5. The van der Waals surface area contributed by atoms with Crippen molar-refractivity contribution in [2.24, 2.45) is 0 Å². The molecule has 1 atom stereocenters. The number of piperazine rings is 1. The number of fused-ring (bicyclic) bond motifs is 1. The van der Waals surface area contributed by atoms with Crippen LogP contribution in [0, 0.1) is 0 Å². The van der Waals surface area contributed by atoms with Crippen molar-refractivity contribution in [2.45, 2.75) is 45.2 Å². The van der Waals surface area contributed by atoms with E-state index in [1.165, 1.54) is 19.4 Å². The predicted octanol–water partition coefficient (Wildman–Crippen LogP) is 0.681. The Morgan fingerprint density at radius 1 is 1.35 bits per heavy atom. The van der Waals surface area contributed by atoms with Crippen LogP contribution >= 0.6 is 0 Å². The monoisotopic (exact) mass is 239 g/mol. The van der Waals surface area contributed by atoms with Crippen LogP contribution in [0.5, 0.6) is 0 Å². The van der Waals surface area contributed by atoms with Gasteiger partial charge in [0.2, 0.25) is 5.91 Å². The third-order valence-electron chi connectivity index (χ3n) is 4.03. The van der Waals surface area contributed by atoms with Crippen molar-refractivity contribution < 1.29 is 4.79 Å². The summed E-state index contributed by atoms with van der Waals surface area (Å²) in [4.78, 5) is 17.0. The molecule has 0 aromatic rings. The van der Waals surface area contributed by atoms with E-state index < -0.39 is 5.54 Å².